The highest BCUT2D eigenvalue weighted by Crippen LogP contribution is 2.25. The minimum atomic E-state index is -1.37. The molecule has 0 saturated heterocycles. The second-order valence-corrected chi connectivity index (χ2v) is 13.8. The summed E-state index contributed by atoms with van der Waals surface area (Å²) in [5, 5.41) is 15.6. The third kappa shape index (κ3) is 13.8. The molecule has 0 aliphatic heterocycles. The van der Waals surface area contributed by atoms with Gasteiger partial charge in [0.2, 0.25) is 11.8 Å². The summed E-state index contributed by atoms with van der Waals surface area (Å²) < 4.78 is 11.0. The first-order valence-corrected chi connectivity index (χ1v) is 16.6. The van der Waals surface area contributed by atoms with Crippen molar-refractivity contribution in [2.24, 2.45) is 0 Å². The highest BCUT2D eigenvalue weighted by Gasteiger charge is 2.38. The Hall–Kier alpha value is -3.92. The lowest BCUT2D eigenvalue weighted by molar-refractivity contribution is -0.159. The number of nitrogens with one attached hydrogen (secondary N) is 2. The van der Waals surface area contributed by atoms with Gasteiger partial charge in [0.25, 0.3) is 0 Å². The molecule has 0 bridgehead atoms. The van der Waals surface area contributed by atoms with Gasteiger partial charge in [0.1, 0.15) is 29.3 Å². The lowest BCUT2D eigenvalue weighted by Crippen LogP contribution is -2.56. The van der Waals surface area contributed by atoms with E-state index in [1.54, 1.807) is 53.7 Å². The van der Waals surface area contributed by atoms with Gasteiger partial charge < -0.3 is 30.1 Å². The summed E-state index contributed by atoms with van der Waals surface area (Å²) in [4.78, 5) is 56.2. The van der Waals surface area contributed by atoms with Crippen molar-refractivity contribution in [2.75, 3.05) is 13.2 Å². The van der Waals surface area contributed by atoms with Crippen LogP contribution in [-0.4, -0.2) is 70.3 Å². The third-order valence-electron chi connectivity index (χ3n) is 7.26. The highest BCUT2D eigenvalue weighted by atomic mass is 16.6. The molecule has 2 rings (SSSR count). The molecular formula is C37H55N3O7. The average molecular weight is 654 g/mol. The lowest BCUT2D eigenvalue weighted by Gasteiger charge is -2.35. The summed E-state index contributed by atoms with van der Waals surface area (Å²) in [7, 11) is 0. The SMILES string of the molecule is CCCCCCN(C(=O)C(CO)NC(=O)OC(C)(C)C)C(C(=O)NC(Cc1ccccc1)C(=O)OC(C)(C)C)c1ccc(CC)cc1. The predicted molar refractivity (Wildman–Crippen MR) is 183 cm³/mol. The molecule has 47 heavy (non-hydrogen) atoms. The fraction of sp³-hybridized carbons (Fsp3) is 0.568. The van der Waals surface area contributed by atoms with Crippen LogP contribution in [0.2, 0.25) is 0 Å². The number of rotatable bonds is 16. The Balaban J connectivity index is 2.59. The molecule has 10 nitrogen and oxygen atoms in total. The maximum atomic E-state index is 14.4. The summed E-state index contributed by atoms with van der Waals surface area (Å²) in [5.41, 5.74) is 0.771. The molecule has 3 unspecified atom stereocenters. The minimum Gasteiger partial charge on any atom is -0.458 e. The molecule has 0 heterocycles. The number of aliphatic hydroxyl groups is 1. The number of benzene rings is 2. The summed E-state index contributed by atoms with van der Waals surface area (Å²) in [6, 6.07) is 13.1. The van der Waals surface area contributed by atoms with E-state index in [-0.39, 0.29) is 13.0 Å². The first-order chi connectivity index (χ1) is 22.1. The van der Waals surface area contributed by atoms with Crippen molar-refractivity contribution < 1.29 is 33.8 Å². The normalized spacial score (nSPS) is 13.6. The van der Waals surface area contributed by atoms with Crippen LogP contribution in [0.5, 0.6) is 0 Å². The maximum Gasteiger partial charge on any atom is 0.408 e. The van der Waals surface area contributed by atoms with Gasteiger partial charge in [-0.15, -0.1) is 0 Å². The van der Waals surface area contributed by atoms with Crippen molar-refractivity contribution in [2.45, 2.75) is 123 Å². The summed E-state index contributed by atoms with van der Waals surface area (Å²) in [6.45, 7) is 13.9. The van der Waals surface area contributed by atoms with Gasteiger partial charge in [0.15, 0.2) is 0 Å². The number of carbonyl (C=O) groups excluding carboxylic acids is 4. The van der Waals surface area contributed by atoms with Crippen molar-refractivity contribution >= 4 is 23.9 Å². The van der Waals surface area contributed by atoms with Gasteiger partial charge in [-0.1, -0.05) is 87.7 Å². The zero-order valence-corrected chi connectivity index (χ0v) is 29.4. The van der Waals surface area contributed by atoms with E-state index in [0.717, 1.165) is 36.8 Å². The van der Waals surface area contributed by atoms with E-state index in [1.165, 1.54) is 4.90 Å². The fourth-order valence-electron chi connectivity index (χ4n) is 4.99. The summed E-state index contributed by atoms with van der Waals surface area (Å²) in [5.74, 6) is -1.83. The van der Waals surface area contributed by atoms with Crippen molar-refractivity contribution in [3.05, 3.63) is 71.3 Å². The Morgan fingerprint density at radius 3 is 1.91 bits per heavy atom. The quantitative estimate of drug-likeness (QED) is 0.157. The maximum absolute atomic E-state index is 14.4. The largest absolute Gasteiger partial charge is 0.458 e. The Labute approximate surface area is 280 Å². The Bertz CT molecular complexity index is 1280. The molecule has 3 N–H and O–H groups in total. The molecule has 0 spiro atoms. The zero-order valence-electron chi connectivity index (χ0n) is 29.4. The van der Waals surface area contributed by atoms with Crippen LogP contribution in [0.15, 0.2) is 54.6 Å². The number of amides is 3. The Morgan fingerprint density at radius 2 is 1.38 bits per heavy atom. The molecular weight excluding hydrogens is 598 g/mol. The molecule has 0 aliphatic rings. The number of hydrogen-bond acceptors (Lipinski definition) is 7. The number of unbranched alkanes of at least 4 members (excludes halogenated alkanes) is 3. The van der Waals surface area contributed by atoms with Crippen LogP contribution >= 0.6 is 0 Å². The van der Waals surface area contributed by atoms with E-state index in [9.17, 15) is 24.3 Å². The first kappa shape index (κ1) is 39.3. The van der Waals surface area contributed by atoms with E-state index in [0.29, 0.717) is 12.0 Å². The number of ether oxygens (including phenoxy) is 2. The second-order valence-electron chi connectivity index (χ2n) is 13.8. The summed E-state index contributed by atoms with van der Waals surface area (Å²) >= 11 is 0. The number of aryl methyl sites for hydroxylation is 1. The molecule has 10 heteroatoms. The van der Waals surface area contributed by atoms with Crippen LogP contribution in [0.1, 0.15) is 104 Å². The number of hydrogen-bond donors (Lipinski definition) is 3. The van der Waals surface area contributed by atoms with Gasteiger partial charge in [0, 0.05) is 13.0 Å². The fourth-order valence-corrected chi connectivity index (χ4v) is 4.99. The van der Waals surface area contributed by atoms with Gasteiger partial charge in [-0.2, -0.15) is 0 Å². The molecule has 260 valence electrons. The molecule has 2 aromatic carbocycles. The van der Waals surface area contributed by atoms with Gasteiger partial charge in [0.05, 0.1) is 6.61 Å². The molecule has 2 aromatic rings. The zero-order chi connectivity index (χ0) is 35.2. The number of carbonyl (C=O) groups is 4. The minimum absolute atomic E-state index is 0.174. The van der Waals surface area contributed by atoms with Crippen LogP contribution in [0, 0.1) is 0 Å². The van der Waals surface area contributed by atoms with Crippen LogP contribution in [0.3, 0.4) is 0 Å². The molecule has 0 radical (unpaired) electrons. The monoisotopic (exact) mass is 653 g/mol. The van der Waals surface area contributed by atoms with E-state index in [4.69, 9.17) is 9.47 Å². The summed E-state index contributed by atoms with van der Waals surface area (Å²) in [6.07, 6.45) is 3.38. The van der Waals surface area contributed by atoms with Crippen molar-refractivity contribution in [3.63, 3.8) is 0 Å². The van der Waals surface area contributed by atoms with Crippen LogP contribution in [0.25, 0.3) is 0 Å². The van der Waals surface area contributed by atoms with Gasteiger partial charge in [-0.3, -0.25) is 9.59 Å². The Kier molecular flexibility index (Phi) is 15.4. The number of esters is 1. The van der Waals surface area contributed by atoms with E-state index in [1.807, 2.05) is 49.4 Å². The van der Waals surface area contributed by atoms with Gasteiger partial charge in [-0.05, 0) is 71.1 Å². The molecule has 3 atom stereocenters. The predicted octanol–water partition coefficient (Wildman–Crippen LogP) is 5.65. The van der Waals surface area contributed by atoms with E-state index in [2.05, 4.69) is 17.6 Å². The van der Waals surface area contributed by atoms with Crippen LogP contribution < -0.4 is 10.6 Å². The van der Waals surface area contributed by atoms with Crippen LogP contribution in [-0.2, 0) is 36.7 Å². The molecule has 0 saturated carbocycles. The standard InChI is InChI=1S/C37H55N3O7/c1-9-11-12-16-23-40(33(43)30(25-41)39-35(45)47-37(6,7)8)31(28-21-19-26(10-2)20-22-28)32(42)38-29(34(44)46-36(3,4)5)24-27-17-14-13-15-18-27/h13-15,17-22,29-31,41H,9-12,16,23-25H2,1-8H3,(H,38,42)(H,39,45). The topological polar surface area (TPSA) is 134 Å². The second kappa shape index (κ2) is 18.4. The third-order valence-corrected chi connectivity index (χ3v) is 7.26. The number of alkyl carbamates (subject to hydrolysis) is 1. The van der Waals surface area contributed by atoms with Gasteiger partial charge >= 0.3 is 12.1 Å². The smallest absolute Gasteiger partial charge is 0.408 e. The van der Waals surface area contributed by atoms with Crippen molar-refractivity contribution in [3.8, 4) is 0 Å². The lowest BCUT2D eigenvalue weighted by atomic mass is 9.99. The molecule has 0 fully saturated rings. The highest BCUT2D eigenvalue weighted by molar-refractivity contribution is 5.94. The molecule has 3 amide bonds. The molecule has 0 aliphatic carbocycles. The van der Waals surface area contributed by atoms with E-state index < -0.39 is 59.8 Å². The first-order valence-electron chi connectivity index (χ1n) is 16.6. The Morgan fingerprint density at radius 1 is 0.766 bits per heavy atom. The molecule has 0 aromatic heterocycles. The average Bonchev–Trinajstić information content (AvgIpc) is 2.99. The van der Waals surface area contributed by atoms with E-state index >= 15 is 0 Å². The van der Waals surface area contributed by atoms with Crippen molar-refractivity contribution in [1.82, 2.24) is 15.5 Å². The van der Waals surface area contributed by atoms with Crippen molar-refractivity contribution in [1.29, 1.82) is 0 Å². The van der Waals surface area contributed by atoms with Gasteiger partial charge in [-0.25, -0.2) is 9.59 Å². The van der Waals surface area contributed by atoms with Crippen LogP contribution in [0.4, 0.5) is 4.79 Å². The number of aliphatic hydroxyl groups excluding tert-OH is 1. The number of nitrogens with zero attached hydrogens (tertiary/aromatic N) is 1.